The molecule has 1 atom stereocenters. The molecular weight excluding hydrogens is 525 g/mol. The summed E-state index contributed by atoms with van der Waals surface area (Å²) >= 11 is 2.78. The molecule has 1 aliphatic carbocycles. The van der Waals surface area contributed by atoms with E-state index in [-0.39, 0.29) is 28.5 Å². The van der Waals surface area contributed by atoms with E-state index in [1.165, 1.54) is 42.2 Å². The molecule has 1 aliphatic rings. The third kappa shape index (κ3) is 8.51. The lowest BCUT2D eigenvalue weighted by Crippen LogP contribution is -2.18. The average Bonchev–Trinajstić information content (AvgIpc) is 3.48. The van der Waals surface area contributed by atoms with Crippen LogP contribution in [0.2, 0.25) is 0 Å². The van der Waals surface area contributed by atoms with Crippen molar-refractivity contribution in [2.75, 3.05) is 25.0 Å². The van der Waals surface area contributed by atoms with Crippen molar-refractivity contribution in [1.29, 1.82) is 0 Å². The number of hydrogen-bond acceptors (Lipinski definition) is 9. The minimum atomic E-state index is -3.29. The van der Waals surface area contributed by atoms with Crippen LogP contribution in [0.3, 0.4) is 0 Å². The van der Waals surface area contributed by atoms with Crippen LogP contribution < -0.4 is 0 Å². The fraction of sp³-hybridized carbons (Fsp3) is 0.583. The maximum atomic E-state index is 13.4. The highest BCUT2D eigenvalue weighted by Gasteiger charge is 2.28. The van der Waals surface area contributed by atoms with Crippen molar-refractivity contribution in [2.24, 2.45) is 5.92 Å². The van der Waals surface area contributed by atoms with E-state index in [4.69, 9.17) is 9.05 Å². The van der Waals surface area contributed by atoms with E-state index in [0.29, 0.717) is 24.1 Å². The van der Waals surface area contributed by atoms with Crippen LogP contribution in [-0.2, 0) is 34.7 Å². The standard InChI is InChI=1S/C24H34NO6PS3/c1-4-30-32(27,31-5-2)17-33-24-16-25-23(34-24)15-22(26)21(14-18-8-6-7-9-18)19-10-12-20(13-11-19)35(3,28)29/h10-13,16,18,21H,4-9,14-15,17H2,1-3H3/t21-/m1/s1. The molecule has 194 valence electrons. The summed E-state index contributed by atoms with van der Waals surface area (Å²) in [6.07, 6.45) is 8.51. The Morgan fingerprint density at radius 2 is 1.80 bits per heavy atom. The van der Waals surface area contributed by atoms with Crippen LogP contribution in [0.5, 0.6) is 0 Å². The van der Waals surface area contributed by atoms with Crippen LogP contribution in [0.25, 0.3) is 0 Å². The van der Waals surface area contributed by atoms with E-state index in [1.807, 2.05) is 0 Å². The molecule has 1 fully saturated rings. The Morgan fingerprint density at radius 3 is 2.37 bits per heavy atom. The van der Waals surface area contributed by atoms with Gasteiger partial charge in [-0.05, 0) is 43.9 Å². The number of benzene rings is 1. The van der Waals surface area contributed by atoms with Crippen molar-refractivity contribution in [3.8, 4) is 0 Å². The molecule has 0 aliphatic heterocycles. The summed E-state index contributed by atoms with van der Waals surface area (Å²) in [5, 5.41) is 0.712. The second-order valence-corrected chi connectivity index (χ2v) is 15.6. The van der Waals surface area contributed by atoms with Crippen molar-refractivity contribution in [2.45, 2.75) is 67.4 Å². The maximum Gasteiger partial charge on any atom is 0.340 e. The van der Waals surface area contributed by atoms with Gasteiger partial charge in [-0.15, -0.1) is 23.1 Å². The van der Waals surface area contributed by atoms with Crippen molar-refractivity contribution in [3.63, 3.8) is 0 Å². The molecule has 1 aromatic heterocycles. The Kier molecular flexibility index (Phi) is 10.6. The van der Waals surface area contributed by atoms with Crippen molar-refractivity contribution in [3.05, 3.63) is 41.0 Å². The van der Waals surface area contributed by atoms with E-state index in [1.54, 1.807) is 44.3 Å². The Bertz CT molecular complexity index is 1120. The van der Waals surface area contributed by atoms with Gasteiger partial charge in [0.2, 0.25) is 0 Å². The number of thioether (sulfide) groups is 1. The third-order valence-corrected chi connectivity index (χ3v) is 12.0. The summed E-state index contributed by atoms with van der Waals surface area (Å²) in [7, 11) is -6.45. The molecule has 7 nitrogen and oxygen atoms in total. The molecular formula is C24H34NO6PS3. The molecule has 0 unspecified atom stereocenters. The van der Waals surface area contributed by atoms with Crippen LogP contribution in [0.4, 0.5) is 0 Å². The van der Waals surface area contributed by atoms with Gasteiger partial charge >= 0.3 is 7.60 Å². The highest BCUT2D eigenvalue weighted by atomic mass is 32.2. The van der Waals surface area contributed by atoms with Gasteiger partial charge in [-0.1, -0.05) is 37.8 Å². The van der Waals surface area contributed by atoms with E-state index >= 15 is 0 Å². The number of carbonyl (C=O) groups is 1. The highest BCUT2D eigenvalue weighted by molar-refractivity contribution is 8.06. The van der Waals surface area contributed by atoms with Gasteiger partial charge in [0.05, 0.1) is 34.9 Å². The number of ketones is 1. The molecule has 1 saturated carbocycles. The number of thiazole rings is 1. The Labute approximate surface area is 216 Å². The molecule has 2 aromatic rings. The van der Waals surface area contributed by atoms with Gasteiger partial charge in [0, 0.05) is 12.2 Å². The third-order valence-electron chi connectivity index (χ3n) is 6.02. The Morgan fingerprint density at radius 1 is 1.17 bits per heavy atom. The Hall–Kier alpha value is -1.03. The molecule has 0 amide bonds. The lowest BCUT2D eigenvalue weighted by molar-refractivity contribution is -0.120. The van der Waals surface area contributed by atoms with E-state index in [2.05, 4.69) is 4.98 Å². The van der Waals surface area contributed by atoms with Gasteiger partial charge in [-0.25, -0.2) is 13.4 Å². The monoisotopic (exact) mass is 559 g/mol. The summed E-state index contributed by atoms with van der Waals surface area (Å²) in [6.45, 7) is 4.19. The molecule has 0 N–H and O–H groups in total. The SMILES string of the molecule is CCOP(=O)(CSc1cnc(CC(=O)[C@H](CC2CCCC2)c2ccc(S(C)(=O)=O)cc2)s1)OCC. The summed E-state index contributed by atoms with van der Waals surface area (Å²) in [4.78, 5) is 18.1. The molecule has 35 heavy (non-hydrogen) atoms. The molecule has 1 heterocycles. The smallest absolute Gasteiger partial charge is 0.308 e. The molecule has 0 bridgehead atoms. The summed E-state index contributed by atoms with van der Waals surface area (Å²) in [5.41, 5.74) is 1.05. The van der Waals surface area contributed by atoms with Gasteiger partial charge in [-0.2, -0.15) is 0 Å². The molecule has 0 spiro atoms. The maximum absolute atomic E-state index is 13.4. The van der Waals surface area contributed by atoms with E-state index in [0.717, 1.165) is 29.0 Å². The predicted octanol–water partition coefficient (Wildman–Crippen LogP) is 6.34. The summed E-state index contributed by atoms with van der Waals surface area (Å²) < 4.78 is 47.9. The number of aromatic nitrogens is 1. The number of nitrogens with zero attached hydrogens (tertiary/aromatic N) is 1. The van der Waals surface area contributed by atoms with Gasteiger partial charge in [-0.3, -0.25) is 9.36 Å². The largest absolute Gasteiger partial charge is 0.340 e. The number of carbonyl (C=O) groups excluding carboxylic acids is 1. The van der Waals surface area contributed by atoms with Crippen LogP contribution in [0, 0.1) is 5.92 Å². The lowest BCUT2D eigenvalue weighted by Gasteiger charge is -2.20. The Balaban J connectivity index is 1.70. The molecule has 1 aromatic carbocycles. The zero-order valence-electron chi connectivity index (χ0n) is 20.5. The average molecular weight is 560 g/mol. The quantitative estimate of drug-likeness (QED) is 0.195. The number of sulfone groups is 1. The van der Waals surface area contributed by atoms with Gasteiger partial charge < -0.3 is 9.05 Å². The van der Waals surface area contributed by atoms with Crippen LogP contribution in [0.1, 0.15) is 62.4 Å². The van der Waals surface area contributed by atoms with Crippen LogP contribution in [-0.4, -0.2) is 44.1 Å². The number of rotatable bonds is 14. The van der Waals surface area contributed by atoms with Crippen molar-refractivity contribution in [1.82, 2.24) is 4.98 Å². The molecule has 0 saturated heterocycles. The van der Waals surface area contributed by atoms with E-state index < -0.39 is 17.4 Å². The molecule has 0 radical (unpaired) electrons. The van der Waals surface area contributed by atoms with Gasteiger partial charge in [0.25, 0.3) is 0 Å². The van der Waals surface area contributed by atoms with Crippen molar-refractivity contribution < 1.29 is 26.8 Å². The van der Waals surface area contributed by atoms with E-state index in [9.17, 15) is 17.8 Å². The number of Topliss-reactive ketones (excluding diaryl/α,β-unsaturated/α-hetero) is 1. The first kappa shape index (κ1) is 28.5. The minimum Gasteiger partial charge on any atom is -0.308 e. The molecule has 3 rings (SSSR count). The predicted molar refractivity (Wildman–Crippen MR) is 141 cm³/mol. The zero-order chi connectivity index (χ0) is 25.5. The fourth-order valence-corrected chi connectivity index (χ4v) is 9.36. The second kappa shape index (κ2) is 13.0. The second-order valence-electron chi connectivity index (χ2n) is 8.72. The highest BCUT2D eigenvalue weighted by Crippen LogP contribution is 2.52. The first-order chi connectivity index (χ1) is 16.6. The first-order valence-electron chi connectivity index (χ1n) is 11.9. The molecule has 11 heteroatoms. The van der Waals surface area contributed by atoms with Gasteiger partial charge in [0.15, 0.2) is 9.84 Å². The normalized spacial score (nSPS) is 16.0. The van der Waals surface area contributed by atoms with Crippen LogP contribution in [0.15, 0.2) is 39.6 Å². The topological polar surface area (TPSA) is 99.6 Å². The van der Waals surface area contributed by atoms with Crippen LogP contribution >= 0.6 is 30.7 Å². The summed E-state index contributed by atoms with van der Waals surface area (Å²) in [5.74, 6) is 0.305. The fourth-order valence-electron chi connectivity index (χ4n) is 4.34. The zero-order valence-corrected chi connectivity index (χ0v) is 23.8. The minimum absolute atomic E-state index is 0.0872. The first-order valence-corrected chi connectivity index (χ1v) is 17.3. The van der Waals surface area contributed by atoms with Gasteiger partial charge in [0.1, 0.15) is 16.3 Å². The van der Waals surface area contributed by atoms with Crippen molar-refractivity contribution >= 4 is 46.3 Å². The lowest BCUT2D eigenvalue weighted by atomic mass is 9.84. The summed E-state index contributed by atoms with van der Waals surface area (Å²) in [6, 6.07) is 6.73. The number of hydrogen-bond donors (Lipinski definition) is 0.